The van der Waals surface area contributed by atoms with Gasteiger partial charge in [0.1, 0.15) is 0 Å². The lowest BCUT2D eigenvalue weighted by molar-refractivity contribution is -0.151. The highest BCUT2D eigenvalue weighted by Crippen LogP contribution is 2.38. The molecule has 0 aliphatic rings. The zero-order valence-electron chi connectivity index (χ0n) is 13.9. The third kappa shape index (κ3) is 3.81. The van der Waals surface area contributed by atoms with E-state index in [1.165, 1.54) is 0 Å². The quantitative estimate of drug-likeness (QED) is 0.240. The summed E-state index contributed by atoms with van der Waals surface area (Å²) in [6.45, 7) is 9.76. The second-order valence-corrected chi connectivity index (χ2v) is 5.54. The molecular weight excluding hydrogens is 300 g/mol. The Morgan fingerprint density at radius 1 is 1.04 bits per heavy atom. The number of carbonyl (C=O) groups is 1. The molecule has 124 valence electrons. The van der Waals surface area contributed by atoms with Gasteiger partial charge in [-0.2, -0.15) is 0 Å². The average Bonchev–Trinajstić information content (AvgIpc) is 2.65. The van der Waals surface area contributed by atoms with Gasteiger partial charge in [-0.1, -0.05) is 73.3 Å². The molecule has 0 spiro atoms. The fourth-order valence-corrected chi connectivity index (χ4v) is 2.58. The van der Waals surface area contributed by atoms with Crippen LogP contribution in [-0.4, -0.2) is 19.4 Å². The first-order valence-corrected chi connectivity index (χ1v) is 7.77. The molecule has 3 nitrogen and oxygen atoms in total. The molecule has 0 atom stereocenters. The van der Waals surface area contributed by atoms with Crippen molar-refractivity contribution in [2.45, 2.75) is 12.3 Å². The predicted octanol–water partition coefficient (Wildman–Crippen LogP) is 4.25. The standard InChI is InChI=1S/C21H22O3/c1-4-15-23-16-24-20(22)17(2)21(3,18-11-7-5-8-12-18)19-13-9-6-10-14-19/h4-14H,1-2,15-16H2,3H3. The molecule has 0 amide bonds. The number of carbonyl (C=O) groups excluding carboxylic acids is 1. The number of rotatable bonds is 8. The lowest BCUT2D eigenvalue weighted by Gasteiger charge is -2.32. The smallest absolute Gasteiger partial charge is 0.336 e. The van der Waals surface area contributed by atoms with Crippen LogP contribution in [0.1, 0.15) is 18.1 Å². The molecule has 2 aromatic rings. The van der Waals surface area contributed by atoms with E-state index >= 15 is 0 Å². The van der Waals surface area contributed by atoms with Crippen molar-refractivity contribution in [3.8, 4) is 0 Å². The molecule has 0 saturated heterocycles. The van der Waals surface area contributed by atoms with Gasteiger partial charge in [-0.3, -0.25) is 0 Å². The Morgan fingerprint density at radius 3 is 2.00 bits per heavy atom. The summed E-state index contributed by atoms with van der Waals surface area (Å²) in [6.07, 6.45) is 1.60. The zero-order valence-corrected chi connectivity index (χ0v) is 13.9. The molecule has 0 radical (unpaired) electrons. The van der Waals surface area contributed by atoms with E-state index in [-0.39, 0.29) is 6.79 Å². The average molecular weight is 322 g/mol. The van der Waals surface area contributed by atoms with Crippen molar-refractivity contribution in [3.05, 3.63) is 96.6 Å². The number of hydrogen-bond acceptors (Lipinski definition) is 3. The van der Waals surface area contributed by atoms with Crippen LogP contribution in [0.2, 0.25) is 0 Å². The summed E-state index contributed by atoms with van der Waals surface area (Å²) in [7, 11) is 0. The summed E-state index contributed by atoms with van der Waals surface area (Å²) < 4.78 is 10.3. The predicted molar refractivity (Wildman–Crippen MR) is 95.6 cm³/mol. The van der Waals surface area contributed by atoms with Gasteiger partial charge in [-0.25, -0.2) is 4.79 Å². The Morgan fingerprint density at radius 2 is 1.54 bits per heavy atom. The Balaban J connectivity index is 2.31. The van der Waals surface area contributed by atoms with Crippen LogP contribution >= 0.6 is 0 Å². The summed E-state index contributed by atoms with van der Waals surface area (Å²) in [6, 6.07) is 19.6. The fourth-order valence-electron chi connectivity index (χ4n) is 2.58. The normalized spacial score (nSPS) is 10.9. The van der Waals surface area contributed by atoms with Crippen LogP contribution in [0.3, 0.4) is 0 Å². The highest BCUT2D eigenvalue weighted by atomic mass is 16.7. The Bertz CT molecular complexity index is 650. The van der Waals surface area contributed by atoms with Crippen LogP contribution in [0, 0.1) is 0 Å². The Hall–Kier alpha value is -2.65. The monoisotopic (exact) mass is 322 g/mol. The summed E-state index contributed by atoms with van der Waals surface area (Å²) in [5.74, 6) is -0.478. The first-order chi connectivity index (χ1) is 11.6. The van der Waals surface area contributed by atoms with Crippen molar-refractivity contribution >= 4 is 5.97 Å². The Labute approximate surface area is 143 Å². The van der Waals surface area contributed by atoms with E-state index in [2.05, 4.69) is 13.2 Å². The summed E-state index contributed by atoms with van der Waals surface area (Å²) in [5, 5.41) is 0. The van der Waals surface area contributed by atoms with E-state index in [0.717, 1.165) is 11.1 Å². The van der Waals surface area contributed by atoms with Gasteiger partial charge in [-0.05, 0) is 18.1 Å². The number of esters is 1. The maximum absolute atomic E-state index is 12.5. The van der Waals surface area contributed by atoms with Crippen molar-refractivity contribution in [3.63, 3.8) is 0 Å². The summed E-state index contributed by atoms with van der Waals surface area (Å²) >= 11 is 0. The Kier molecular flexibility index (Phi) is 6.10. The van der Waals surface area contributed by atoms with Gasteiger partial charge in [-0.15, -0.1) is 6.58 Å². The maximum Gasteiger partial charge on any atom is 0.336 e. The molecule has 0 aromatic heterocycles. The molecule has 0 aliphatic carbocycles. The van der Waals surface area contributed by atoms with Gasteiger partial charge in [0.2, 0.25) is 0 Å². The molecule has 3 heteroatoms. The number of benzene rings is 2. The molecule has 2 rings (SSSR count). The third-order valence-corrected chi connectivity index (χ3v) is 4.06. The number of hydrogen-bond donors (Lipinski definition) is 0. The maximum atomic E-state index is 12.5. The molecule has 24 heavy (non-hydrogen) atoms. The lowest BCUT2D eigenvalue weighted by atomic mass is 9.71. The highest BCUT2D eigenvalue weighted by Gasteiger charge is 2.36. The second kappa shape index (κ2) is 8.27. The van der Waals surface area contributed by atoms with Gasteiger partial charge < -0.3 is 9.47 Å². The van der Waals surface area contributed by atoms with E-state index in [0.29, 0.717) is 12.2 Å². The van der Waals surface area contributed by atoms with Crippen molar-refractivity contribution in [1.82, 2.24) is 0 Å². The van der Waals surface area contributed by atoms with E-state index in [1.807, 2.05) is 67.6 Å². The van der Waals surface area contributed by atoms with Crippen LogP contribution in [0.15, 0.2) is 85.5 Å². The minimum absolute atomic E-state index is 0.121. The van der Waals surface area contributed by atoms with Crippen molar-refractivity contribution in [2.24, 2.45) is 0 Å². The largest absolute Gasteiger partial charge is 0.435 e. The highest BCUT2D eigenvalue weighted by molar-refractivity contribution is 5.92. The lowest BCUT2D eigenvalue weighted by Crippen LogP contribution is -2.31. The van der Waals surface area contributed by atoms with E-state index < -0.39 is 11.4 Å². The van der Waals surface area contributed by atoms with Crippen LogP contribution in [0.5, 0.6) is 0 Å². The molecule has 0 fully saturated rings. The van der Waals surface area contributed by atoms with Crippen LogP contribution in [0.4, 0.5) is 0 Å². The van der Waals surface area contributed by atoms with Crippen LogP contribution in [-0.2, 0) is 19.7 Å². The third-order valence-electron chi connectivity index (χ3n) is 4.06. The molecule has 2 aromatic carbocycles. The van der Waals surface area contributed by atoms with Gasteiger partial charge >= 0.3 is 5.97 Å². The first-order valence-electron chi connectivity index (χ1n) is 7.77. The number of ether oxygens (including phenoxy) is 2. The van der Waals surface area contributed by atoms with E-state index in [1.54, 1.807) is 6.08 Å². The summed E-state index contributed by atoms with van der Waals surface area (Å²) in [5.41, 5.74) is 1.63. The van der Waals surface area contributed by atoms with Crippen molar-refractivity contribution in [2.75, 3.05) is 13.4 Å². The van der Waals surface area contributed by atoms with Crippen LogP contribution < -0.4 is 0 Å². The van der Waals surface area contributed by atoms with Crippen molar-refractivity contribution in [1.29, 1.82) is 0 Å². The minimum atomic E-state index is -0.682. The van der Waals surface area contributed by atoms with Crippen LogP contribution in [0.25, 0.3) is 0 Å². The molecule has 0 aliphatic heterocycles. The fraction of sp³-hybridized carbons (Fsp3) is 0.190. The van der Waals surface area contributed by atoms with Gasteiger partial charge in [0.15, 0.2) is 6.79 Å². The molecular formula is C21H22O3. The van der Waals surface area contributed by atoms with Crippen molar-refractivity contribution < 1.29 is 14.3 Å². The minimum Gasteiger partial charge on any atom is -0.435 e. The van der Waals surface area contributed by atoms with Gasteiger partial charge in [0, 0.05) is 11.0 Å². The topological polar surface area (TPSA) is 35.5 Å². The molecule has 0 heterocycles. The summed E-state index contributed by atoms with van der Waals surface area (Å²) in [4.78, 5) is 12.5. The zero-order chi connectivity index (χ0) is 17.4. The molecule has 0 saturated carbocycles. The van der Waals surface area contributed by atoms with Gasteiger partial charge in [0.05, 0.1) is 6.61 Å². The van der Waals surface area contributed by atoms with Gasteiger partial charge in [0.25, 0.3) is 0 Å². The molecule has 0 bridgehead atoms. The SMILES string of the molecule is C=CCOCOC(=O)C(=C)C(C)(c1ccccc1)c1ccccc1. The van der Waals surface area contributed by atoms with E-state index in [4.69, 9.17) is 9.47 Å². The molecule has 0 unspecified atom stereocenters. The first kappa shape index (κ1) is 17.7. The van der Waals surface area contributed by atoms with E-state index in [9.17, 15) is 4.79 Å². The second-order valence-electron chi connectivity index (χ2n) is 5.54. The molecule has 0 N–H and O–H groups in total.